The molecule has 0 spiro atoms. The first-order valence-electron chi connectivity index (χ1n) is 7.44. The van der Waals surface area contributed by atoms with Gasteiger partial charge in [0.2, 0.25) is 0 Å². The predicted molar refractivity (Wildman–Crippen MR) is 80.7 cm³/mol. The average Bonchev–Trinajstić information content (AvgIpc) is 3.26. The highest BCUT2D eigenvalue weighted by atomic mass is 19.3. The molecule has 5 nitrogen and oxygen atoms in total. The van der Waals surface area contributed by atoms with Gasteiger partial charge in [0.05, 0.1) is 12.2 Å². The molecule has 23 heavy (non-hydrogen) atoms. The first-order valence-corrected chi connectivity index (χ1v) is 7.44. The van der Waals surface area contributed by atoms with Crippen molar-refractivity contribution in [2.45, 2.75) is 32.4 Å². The highest BCUT2D eigenvalue weighted by molar-refractivity contribution is 6.04. The van der Waals surface area contributed by atoms with Gasteiger partial charge in [-0.25, -0.2) is 4.68 Å². The van der Waals surface area contributed by atoms with Crippen LogP contribution in [0.1, 0.15) is 36.2 Å². The van der Waals surface area contributed by atoms with Crippen LogP contribution in [-0.4, -0.2) is 22.3 Å². The lowest BCUT2D eigenvalue weighted by Gasteiger charge is -2.15. The Bertz CT molecular complexity index is 698. The van der Waals surface area contributed by atoms with Crippen molar-refractivity contribution in [3.05, 3.63) is 42.1 Å². The molecule has 1 heterocycles. The van der Waals surface area contributed by atoms with Gasteiger partial charge < -0.3 is 10.1 Å². The fraction of sp³-hybridized carbons (Fsp3) is 0.375. The summed E-state index contributed by atoms with van der Waals surface area (Å²) in [6, 6.07) is 7.63. The minimum absolute atomic E-state index is 0.0486. The molecule has 0 radical (unpaired) electrons. The number of hydrogen-bond donors (Lipinski definition) is 1. The molecular weight excluding hydrogens is 304 g/mol. The topological polar surface area (TPSA) is 56.2 Å². The average molecular weight is 321 g/mol. The summed E-state index contributed by atoms with van der Waals surface area (Å²) in [5.41, 5.74) is 0.245. The molecule has 1 fully saturated rings. The largest absolute Gasteiger partial charge is 0.435 e. The number of hydrogen-bond acceptors (Lipinski definition) is 3. The molecule has 122 valence electrons. The fourth-order valence-corrected chi connectivity index (χ4v) is 2.52. The van der Waals surface area contributed by atoms with Gasteiger partial charge in [0, 0.05) is 11.6 Å². The second kappa shape index (κ2) is 6.36. The van der Waals surface area contributed by atoms with Crippen molar-refractivity contribution < 1.29 is 18.3 Å². The first-order chi connectivity index (χ1) is 11.0. The number of aromatic nitrogens is 2. The minimum atomic E-state index is -2.92. The lowest BCUT2D eigenvalue weighted by atomic mass is 10.2. The van der Waals surface area contributed by atoms with Gasteiger partial charge in [0.1, 0.15) is 11.6 Å². The molecule has 1 saturated carbocycles. The van der Waals surface area contributed by atoms with Gasteiger partial charge in [-0.3, -0.25) is 4.79 Å². The summed E-state index contributed by atoms with van der Waals surface area (Å²) in [6.07, 6.45) is 3.97. The van der Waals surface area contributed by atoms with Crippen LogP contribution in [0.25, 0.3) is 0 Å². The number of alkyl halides is 2. The van der Waals surface area contributed by atoms with E-state index in [9.17, 15) is 13.6 Å². The molecule has 0 bridgehead atoms. The van der Waals surface area contributed by atoms with Gasteiger partial charge in [-0.1, -0.05) is 6.07 Å². The van der Waals surface area contributed by atoms with E-state index in [1.807, 2.05) is 0 Å². The molecule has 1 unspecified atom stereocenters. The highest BCUT2D eigenvalue weighted by Gasteiger charge is 2.30. The van der Waals surface area contributed by atoms with Gasteiger partial charge in [-0.05, 0) is 43.9 Å². The number of amides is 1. The number of benzene rings is 1. The molecule has 2 aromatic rings. The number of nitrogens with zero attached hydrogens (tertiary/aromatic N) is 2. The molecule has 1 aromatic carbocycles. The molecule has 1 aliphatic rings. The molecule has 1 aromatic heterocycles. The van der Waals surface area contributed by atoms with Crippen LogP contribution in [0.4, 0.5) is 14.6 Å². The maximum Gasteiger partial charge on any atom is 0.387 e. The van der Waals surface area contributed by atoms with Crippen molar-refractivity contribution in [1.29, 1.82) is 0 Å². The zero-order valence-electron chi connectivity index (χ0n) is 12.6. The molecule has 0 saturated heterocycles. The fourth-order valence-electron chi connectivity index (χ4n) is 2.52. The number of carbonyl (C=O) groups is 1. The summed E-state index contributed by atoms with van der Waals surface area (Å²) in [6.45, 7) is -0.855. The molecule has 7 heteroatoms. The number of anilines is 1. The number of nitrogens with one attached hydrogen (secondary N) is 1. The normalized spacial score (nSPS) is 15.5. The van der Waals surface area contributed by atoms with E-state index >= 15 is 0 Å². The van der Waals surface area contributed by atoms with Crippen molar-refractivity contribution in [1.82, 2.24) is 9.78 Å². The van der Waals surface area contributed by atoms with Gasteiger partial charge in [0.25, 0.3) is 5.91 Å². The lowest BCUT2D eigenvalue weighted by molar-refractivity contribution is -0.0498. The second-order valence-electron chi connectivity index (χ2n) is 5.60. The van der Waals surface area contributed by atoms with E-state index in [0.29, 0.717) is 11.7 Å². The molecular formula is C16H17F2N3O2. The summed E-state index contributed by atoms with van der Waals surface area (Å²) in [5.74, 6) is 0.741. The van der Waals surface area contributed by atoms with Crippen LogP contribution in [0.15, 0.2) is 36.5 Å². The molecule has 1 aliphatic carbocycles. The van der Waals surface area contributed by atoms with Crippen LogP contribution < -0.4 is 10.1 Å². The summed E-state index contributed by atoms with van der Waals surface area (Å²) in [4.78, 5) is 12.3. The quantitative estimate of drug-likeness (QED) is 0.882. The number of rotatable bonds is 6. The van der Waals surface area contributed by atoms with E-state index in [1.165, 1.54) is 31.0 Å². The van der Waals surface area contributed by atoms with Crippen LogP contribution in [0.3, 0.4) is 0 Å². The monoisotopic (exact) mass is 321 g/mol. The Morgan fingerprint density at radius 2 is 2.17 bits per heavy atom. The van der Waals surface area contributed by atoms with Crippen LogP contribution in [0, 0.1) is 5.92 Å². The lowest BCUT2D eigenvalue weighted by Crippen LogP contribution is -2.18. The maximum atomic E-state index is 12.3. The van der Waals surface area contributed by atoms with Crippen LogP contribution in [0.5, 0.6) is 5.75 Å². The smallest absolute Gasteiger partial charge is 0.387 e. The number of ether oxygens (including phenoxy) is 1. The van der Waals surface area contributed by atoms with Crippen molar-refractivity contribution in [2.75, 3.05) is 5.32 Å². The zero-order chi connectivity index (χ0) is 16.4. The van der Waals surface area contributed by atoms with Gasteiger partial charge in [-0.15, -0.1) is 0 Å². The maximum absolute atomic E-state index is 12.3. The van der Waals surface area contributed by atoms with Gasteiger partial charge in [-0.2, -0.15) is 13.9 Å². The van der Waals surface area contributed by atoms with Crippen molar-refractivity contribution in [3.63, 3.8) is 0 Å². The van der Waals surface area contributed by atoms with Gasteiger partial charge in [0.15, 0.2) is 0 Å². The second-order valence-corrected chi connectivity index (χ2v) is 5.60. The summed E-state index contributed by atoms with van der Waals surface area (Å²) < 4.78 is 30.6. The Kier molecular flexibility index (Phi) is 4.27. The van der Waals surface area contributed by atoms with Crippen molar-refractivity contribution in [2.24, 2.45) is 5.92 Å². The summed E-state index contributed by atoms with van der Waals surface area (Å²) in [5, 5.41) is 7.03. The summed E-state index contributed by atoms with van der Waals surface area (Å²) in [7, 11) is 0. The van der Waals surface area contributed by atoms with Crippen LogP contribution in [-0.2, 0) is 0 Å². The minimum Gasteiger partial charge on any atom is -0.435 e. The Morgan fingerprint density at radius 3 is 2.87 bits per heavy atom. The van der Waals surface area contributed by atoms with E-state index in [0.717, 1.165) is 0 Å². The van der Waals surface area contributed by atoms with E-state index < -0.39 is 12.5 Å². The number of halogens is 2. The van der Waals surface area contributed by atoms with E-state index in [2.05, 4.69) is 22.1 Å². The standard InChI is InChI=1S/C16H17F2N3O2/c1-10(11-5-6-11)21-14(7-8-19-21)20-15(22)12-3-2-4-13(9-12)23-16(17)18/h2-4,7-11,16H,5-6H2,1H3,(H,20,22). The number of carbonyl (C=O) groups excluding carboxylic acids is 1. The zero-order valence-corrected chi connectivity index (χ0v) is 12.6. The van der Waals surface area contributed by atoms with Gasteiger partial charge >= 0.3 is 6.61 Å². The SMILES string of the molecule is CC(C1CC1)n1nccc1NC(=O)c1cccc(OC(F)F)c1. The third kappa shape index (κ3) is 3.67. The predicted octanol–water partition coefficient (Wildman–Crippen LogP) is 3.71. The Morgan fingerprint density at radius 1 is 1.39 bits per heavy atom. The molecule has 3 rings (SSSR count). The highest BCUT2D eigenvalue weighted by Crippen LogP contribution is 2.40. The van der Waals surface area contributed by atoms with Crippen LogP contribution in [0.2, 0.25) is 0 Å². The Hall–Kier alpha value is -2.44. The Balaban J connectivity index is 1.73. The molecule has 0 aliphatic heterocycles. The third-order valence-corrected chi connectivity index (χ3v) is 3.92. The van der Waals surface area contributed by atoms with Crippen molar-refractivity contribution in [3.8, 4) is 5.75 Å². The Labute approximate surface area is 132 Å². The molecule has 1 amide bonds. The van der Waals surface area contributed by atoms with E-state index in [1.54, 1.807) is 23.0 Å². The molecule has 1 N–H and O–H groups in total. The molecule has 1 atom stereocenters. The first kappa shape index (κ1) is 15.5. The third-order valence-electron chi connectivity index (χ3n) is 3.92. The summed E-state index contributed by atoms with van der Waals surface area (Å²) >= 11 is 0. The van der Waals surface area contributed by atoms with E-state index in [-0.39, 0.29) is 17.4 Å². The van der Waals surface area contributed by atoms with E-state index in [4.69, 9.17) is 0 Å². The van der Waals surface area contributed by atoms with Crippen molar-refractivity contribution >= 4 is 11.7 Å². The van der Waals surface area contributed by atoms with Crippen LogP contribution >= 0.6 is 0 Å².